The Balaban J connectivity index is 1.28. The standard InChI is InChI=1S/C24H26F2N8O/c1-3-18-20(33-13-17(27)12-29-23(33)30-18)22(35)28-11-14-4-6-15(7-5-14)21-31-19-10-16(24(2,25)26)8-9-34(19)32-21/h4-7,12-13,16H,3,8-11,27H2,1-2H3,(H,28,35). The number of hydrogen-bond donors (Lipinski definition) is 2. The van der Waals surface area contributed by atoms with Gasteiger partial charge in [0.1, 0.15) is 11.5 Å². The number of aromatic nitrogens is 6. The van der Waals surface area contributed by atoms with E-state index in [1.165, 1.54) is 6.20 Å². The van der Waals surface area contributed by atoms with Crippen LogP contribution in [0.5, 0.6) is 0 Å². The predicted molar refractivity (Wildman–Crippen MR) is 126 cm³/mol. The maximum absolute atomic E-state index is 13.7. The van der Waals surface area contributed by atoms with Crippen LogP contribution in [0.1, 0.15) is 47.8 Å². The van der Waals surface area contributed by atoms with Gasteiger partial charge in [-0.1, -0.05) is 31.2 Å². The Labute approximate surface area is 200 Å². The molecule has 1 atom stereocenters. The first-order chi connectivity index (χ1) is 16.7. The van der Waals surface area contributed by atoms with Crippen LogP contribution in [0.2, 0.25) is 0 Å². The number of amides is 1. The van der Waals surface area contributed by atoms with Gasteiger partial charge in [0.2, 0.25) is 11.7 Å². The third-order valence-corrected chi connectivity index (χ3v) is 6.37. The minimum absolute atomic E-state index is 0.213. The number of fused-ring (bicyclic) bond motifs is 2. The van der Waals surface area contributed by atoms with Gasteiger partial charge >= 0.3 is 0 Å². The summed E-state index contributed by atoms with van der Waals surface area (Å²) in [5.41, 5.74) is 9.03. The molecule has 4 aromatic rings. The topological polar surface area (TPSA) is 116 Å². The van der Waals surface area contributed by atoms with Crippen LogP contribution in [0.4, 0.5) is 14.5 Å². The molecule has 0 spiro atoms. The SMILES string of the molecule is CCc1nc2ncc(N)cn2c1C(=O)NCc1ccc(-c2nc3n(n2)CCC(C(C)(F)F)C3)cc1. The number of alkyl halides is 2. The number of anilines is 1. The minimum Gasteiger partial charge on any atom is -0.396 e. The van der Waals surface area contributed by atoms with Crippen LogP contribution >= 0.6 is 0 Å². The summed E-state index contributed by atoms with van der Waals surface area (Å²) < 4.78 is 30.8. The molecule has 11 heteroatoms. The first kappa shape index (κ1) is 22.9. The number of nitrogens with one attached hydrogen (secondary N) is 1. The first-order valence-corrected chi connectivity index (χ1v) is 11.5. The number of carbonyl (C=O) groups is 1. The summed E-state index contributed by atoms with van der Waals surface area (Å²) in [5.74, 6) is -2.19. The molecule has 182 valence electrons. The van der Waals surface area contributed by atoms with Crippen molar-refractivity contribution in [2.45, 2.75) is 52.1 Å². The van der Waals surface area contributed by atoms with Gasteiger partial charge in [0.15, 0.2) is 5.82 Å². The van der Waals surface area contributed by atoms with Crippen LogP contribution in [0, 0.1) is 5.92 Å². The van der Waals surface area contributed by atoms with E-state index in [2.05, 4.69) is 25.4 Å². The van der Waals surface area contributed by atoms with Crippen molar-refractivity contribution in [3.8, 4) is 11.4 Å². The summed E-state index contributed by atoms with van der Waals surface area (Å²) in [5, 5.41) is 7.43. The van der Waals surface area contributed by atoms with Crippen molar-refractivity contribution in [1.29, 1.82) is 0 Å². The van der Waals surface area contributed by atoms with Crippen molar-refractivity contribution >= 4 is 17.4 Å². The molecular weight excluding hydrogens is 454 g/mol. The quantitative estimate of drug-likeness (QED) is 0.438. The highest BCUT2D eigenvalue weighted by Gasteiger charge is 2.37. The number of aryl methyl sites for hydroxylation is 2. The lowest BCUT2D eigenvalue weighted by Gasteiger charge is -2.26. The molecule has 0 radical (unpaired) electrons. The number of rotatable bonds is 6. The Morgan fingerprint density at radius 3 is 2.74 bits per heavy atom. The molecule has 1 aliphatic rings. The Hall–Kier alpha value is -3.89. The van der Waals surface area contributed by atoms with Crippen LogP contribution in [0.25, 0.3) is 17.2 Å². The normalized spacial score (nSPS) is 15.8. The molecule has 0 bridgehead atoms. The number of imidazole rings is 1. The monoisotopic (exact) mass is 480 g/mol. The molecule has 35 heavy (non-hydrogen) atoms. The van der Waals surface area contributed by atoms with Crippen LogP contribution in [-0.4, -0.2) is 41.0 Å². The fraction of sp³-hybridized carbons (Fsp3) is 0.375. The van der Waals surface area contributed by atoms with Crippen LogP contribution < -0.4 is 11.1 Å². The summed E-state index contributed by atoms with van der Waals surface area (Å²) in [4.78, 5) is 26.1. The van der Waals surface area contributed by atoms with E-state index < -0.39 is 11.8 Å². The fourth-order valence-electron chi connectivity index (χ4n) is 4.38. The molecular formula is C24H26F2N8O. The zero-order chi connectivity index (χ0) is 24.7. The van der Waals surface area contributed by atoms with Crippen molar-refractivity contribution in [1.82, 2.24) is 34.4 Å². The maximum atomic E-state index is 13.7. The van der Waals surface area contributed by atoms with Crippen molar-refractivity contribution < 1.29 is 13.6 Å². The second-order valence-electron chi connectivity index (χ2n) is 8.92. The molecule has 0 saturated heterocycles. The first-order valence-electron chi connectivity index (χ1n) is 11.5. The van der Waals surface area contributed by atoms with Gasteiger partial charge in [-0.2, -0.15) is 5.10 Å². The molecule has 3 N–H and O–H groups in total. The zero-order valence-corrected chi connectivity index (χ0v) is 19.5. The van der Waals surface area contributed by atoms with Crippen LogP contribution in [0.15, 0.2) is 36.7 Å². The van der Waals surface area contributed by atoms with Crippen molar-refractivity contribution in [3.63, 3.8) is 0 Å². The van der Waals surface area contributed by atoms with Crippen molar-refractivity contribution in [2.24, 2.45) is 5.92 Å². The second-order valence-corrected chi connectivity index (χ2v) is 8.92. The Morgan fingerprint density at radius 2 is 2.03 bits per heavy atom. The fourth-order valence-corrected chi connectivity index (χ4v) is 4.38. The van der Waals surface area contributed by atoms with E-state index in [9.17, 15) is 13.6 Å². The number of nitrogen functional groups attached to an aromatic ring is 1. The summed E-state index contributed by atoms with van der Waals surface area (Å²) in [6.07, 6.45) is 4.32. The lowest BCUT2D eigenvalue weighted by molar-refractivity contribution is -0.0495. The number of benzene rings is 1. The molecule has 5 rings (SSSR count). The highest BCUT2D eigenvalue weighted by atomic mass is 19.3. The van der Waals surface area contributed by atoms with Crippen molar-refractivity contribution in [2.75, 3.05) is 5.73 Å². The lowest BCUT2D eigenvalue weighted by atomic mass is 9.92. The lowest BCUT2D eigenvalue weighted by Crippen LogP contribution is -2.32. The predicted octanol–water partition coefficient (Wildman–Crippen LogP) is 3.28. The summed E-state index contributed by atoms with van der Waals surface area (Å²) in [6.45, 7) is 3.64. The van der Waals surface area contributed by atoms with E-state index in [4.69, 9.17) is 5.73 Å². The number of hydrogen-bond acceptors (Lipinski definition) is 6. The number of nitrogens with two attached hydrogens (primary N) is 1. The third kappa shape index (κ3) is 4.45. The van der Waals surface area contributed by atoms with E-state index in [0.29, 0.717) is 60.4 Å². The molecule has 1 amide bonds. The van der Waals surface area contributed by atoms with Gasteiger partial charge in [-0.25, -0.2) is 28.4 Å². The molecule has 0 fully saturated rings. The number of carbonyl (C=O) groups excluding carboxylic acids is 1. The summed E-state index contributed by atoms with van der Waals surface area (Å²) >= 11 is 0. The average Bonchev–Trinajstić information content (AvgIpc) is 3.42. The zero-order valence-electron chi connectivity index (χ0n) is 19.5. The van der Waals surface area contributed by atoms with Gasteiger partial charge in [-0.3, -0.25) is 9.20 Å². The minimum atomic E-state index is -2.73. The molecule has 1 aromatic carbocycles. The molecule has 9 nitrogen and oxygen atoms in total. The Bertz CT molecular complexity index is 1390. The molecule has 0 saturated carbocycles. The average molecular weight is 481 g/mol. The second kappa shape index (κ2) is 8.71. The Kier molecular flexibility index (Phi) is 5.70. The smallest absolute Gasteiger partial charge is 0.270 e. The van der Waals surface area contributed by atoms with E-state index in [1.807, 2.05) is 31.2 Å². The van der Waals surface area contributed by atoms with Crippen molar-refractivity contribution in [3.05, 3.63) is 59.4 Å². The van der Waals surface area contributed by atoms with Gasteiger partial charge in [0.25, 0.3) is 5.91 Å². The van der Waals surface area contributed by atoms with Crippen LogP contribution in [0.3, 0.4) is 0 Å². The van der Waals surface area contributed by atoms with Gasteiger partial charge in [-0.05, 0) is 25.3 Å². The van der Waals surface area contributed by atoms with Gasteiger partial charge < -0.3 is 11.1 Å². The molecule has 1 aliphatic heterocycles. The van der Waals surface area contributed by atoms with E-state index >= 15 is 0 Å². The largest absolute Gasteiger partial charge is 0.396 e. The molecule has 3 aromatic heterocycles. The number of nitrogens with zero attached hydrogens (tertiary/aromatic N) is 6. The molecule has 1 unspecified atom stereocenters. The maximum Gasteiger partial charge on any atom is 0.270 e. The number of halogens is 2. The Morgan fingerprint density at radius 1 is 1.26 bits per heavy atom. The summed E-state index contributed by atoms with van der Waals surface area (Å²) in [6, 6.07) is 7.50. The third-order valence-electron chi connectivity index (χ3n) is 6.37. The highest BCUT2D eigenvalue weighted by Crippen LogP contribution is 2.33. The molecule has 4 heterocycles. The van der Waals surface area contributed by atoms with Gasteiger partial charge in [0, 0.05) is 37.2 Å². The van der Waals surface area contributed by atoms with E-state index in [-0.39, 0.29) is 12.3 Å². The van der Waals surface area contributed by atoms with E-state index in [0.717, 1.165) is 18.1 Å². The summed E-state index contributed by atoms with van der Waals surface area (Å²) in [7, 11) is 0. The van der Waals surface area contributed by atoms with Gasteiger partial charge in [0.05, 0.1) is 17.6 Å². The highest BCUT2D eigenvalue weighted by molar-refractivity contribution is 5.94. The molecule has 0 aliphatic carbocycles. The van der Waals surface area contributed by atoms with Gasteiger partial charge in [-0.15, -0.1) is 0 Å². The van der Waals surface area contributed by atoms with Crippen LogP contribution in [-0.2, 0) is 25.9 Å². The van der Waals surface area contributed by atoms with E-state index in [1.54, 1.807) is 15.3 Å².